The maximum Gasteiger partial charge on any atom is 1.00 e. The van der Waals surface area contributed by atoms with E-state index in [9.17, 15) is 4.79 Å². The van der Waals surface area contributed by atoms with E-state index in [0.717, 1.165) is 23.0 Å². The molecule has 0 aliphatic carbocycles. The summed E-state index contributed by atoms with van der Waals surface area (Å²) in [6, 6.07) is 6.12. The first-order chi connectivity index (χ1) is 11.3. The zero-order chi connectivity index (χ0) is 19.5. The minimum atomic E-state index is -0.373. The number of benzene rings is 1. The molecule has 0 spiro atoms. The maximum atomic E-state index is 9.47. The van der Waals surface area contributed by atoms with Gasteiger partial charge in [0.05, 0.1) is 16.8 Å². The van der Waals surface area contributed by atoms with Crippen LogP contribution in [0, 0.1) is 13.8 Å². The van der Waals surface area contributed by atoms with Crippen molar-refractivity contribution in [2.45, 2.75) is 71.7 Å². The van der Waals surface area contributed by atoms with Crippen LogP contribution in [0.25, 0.3) is 0 Å². The Kier molecular flexibility index (Phi) is 9.06. The molecule has 0 saturated carbocycles. The zero-order valence-corrected chi connectivity index (χ0v) is 17.6. The van der Waals surface area contributed by atoms with Gasteiger partial charge in [-0.15, -0.1) is 6.07 Å². The van der Waals surface area contributed by atoms with Crippen molar-refractivity contribution in [3.05, 3.63) is 43.2 Å². The van der Waals surface area contributed by atoms with Gasteiger partial charge in [0.2, 0.25) is 0 Å². The summed E-state index contributed by atoms with van der Waals surface area (Å²) < 4.78 is 16.4. The molecule has 1 aromatic carbocycles. The molecule has 1 aliphatic heterocycles. The van der Waals surface area contributed by atoms with Gasteiger partial charge in [0, 0.05) is 0 Å². The summed E-state index contributed by atoms with van der Waals surface area (Å²) in [6.07, 6.45) is 0.752. The van der Waals surface area contributed by atoms with Crippen LogP contribution in [-0.4, -0.2) is 30.4 Å². The van der Waals surface area contributed by atoms with Crippen LogP contribution in [-0.2, 0) is 25.3 Å². The Morgan fingerprint density at radius 1 is 1.15 bits per heavy atom. The first kappa shape index (κ1) is 25.1. The minimum absolute atomic E-state index is 0. The SMILES string of the molecule is CC(C)(C)O[C-]=O.[CH2-]Cc1ccc(B2OC(C)(C)C(C)(C)O2)cc1[CH2-].[Li+]. The van der Waals surface area contributed by atoms with Crippen molar-refractivity contribution in [3.63, 3.8) is 0 Å². The minimum Gasteiger partial charge on any atom is -0.649 e. The fourth-order valence-corrected chi connectivity index (χ4v) is 2.14. The number of hydrogen-bond acceptors (Lipinski definition) is 4. The molecule has 140 valence electrons. The van der Waals surface area contributed by atoms with Crippen LogP contribution in [0.4, 0.5) is 0 Å². The molecular weight excluding hydrogens is 322 g/mol. The second kappa shape index (κ2) is 9.37. The smallest absolute Gasteiger partial charge is 0.649 e. The van der Waals surface area contributed by atoms with Crippen molar-refractivity contribution in [2.75, 3.05) is 0 Å². The van der Waals surface area contributed by atoms with E-state index < -0.39 is 0 Å². The summed E-state index contributed by atoms with van der Waals surface area (Å²) in [5.74, 6) is 0. The summed E-state index contributed by atoms with van der Waals surface area (Å²) in [7, 11) is -0.311. The summed E-state index contributed by atoms with van der Waals surface area (Å²) in [6.45, 7) is 22.9. The zero-order valence-electron chi connectivity index (χ0n) is 17.6. The molecule has 0 atom stereocenters. The fourth-order valence-electron chi connectivity index (χ4n) is 2.14. The second-order valence-corrected chi connectivity index (χ2v) is 8.16. The Labute approximate surface area is 171 Å². The molecule has 0 amide bonds. The first-order valence-electron chi connectivity index (χ1n) is 8.48. The molecule has 2 rings (SSSR count). The average molecular weight is 352 g/mol. The molecule has 1 fully saturated rings. The standard InChI is InChI=1S/C15H21BO2.C5H9O2.Li/c1-7-12-8-9-13(10-11(12)2)16-17-14(3,4)15(5,6)18-16;1-5(2,3)7-4-6;/h8-10H,1-2,7H2,3-6H3;1-3H3;/q-2;-1;+1. The first-order valence-corrected chi connectivity index (χ1v) is 8.48. The van der Waals surface area contributed by atoms with Crippen LogP contribution in [0.3, 0.4) is 0 Å². The molecule has 1 heterocycles. The normalized spacial score (nSPS) is 17.6. The number of ether oxygens (including phenoxy) is 1. The molecule has 1 saturated heterocycles. The second-order valence-electron chi connectivity index (χ2n) is 8.16. The van der Waals surface area contributed by atoms with Gasteiger partial charge in [-0.25, -0.2) is 6.42 Å². The van der Waals surface area contributed by atoms with Gasteiger partial charge in [0.15, 0.2) is 0 Å². The Bertz CT molecular complexity index is 578. The van der Waals surface area contributed by atoms with Crippen molar-refractivity contribution in [1.82, 2.24) is 0 Å². The van der Waals surface area contributed by atoms with E-state index in [1.54, 1.807) is 20.8 Å². The van der Waals surface area contributed by atoms with Gasteiger partial charge >= 0.3 is 26.0 Å². The third kappa shape index (κ3) is 6.70. The molecule has 0 aromatic heterocycles. The number of rotatable bonds is 3. The van der Waals surface area contributed by atoms with Crippen LogP contribution in [0.5, 0.6) is 0 Å². The third-order valence-corrected chi connectivity index (χ3v) is 4.37. The van der Waals surface area contributed by atoms with E-state index in [2.05, 4.69) is 52.3 Å². The molecule has 26 heavy (non-hydrogen) atoms. The van der Waals surface area contributed by atoms with Gasteiger partial charge in [0.25, 0.3) is 0 Å². The van der Waals surface area contributed by atoms with E-state index in [1.807, 2.05) is 12.1 Å². The van der Waals surface area contributed by atoms with Crippen LogP contribution >= 0.6 is 0 Å². The summed E-state index contributed by atoms with van der Waals surface area (Å²) in [4.78, 5) is 9.47. The Hall–Kier alpha value is -0.858. The summed E-state index contributed by atoms with van der Waals surface area (Å²) in [5, 5.41) is 0. The van der Waals surface area contributed by atoms with Crippen molar-refractivity contribution in [1.29, 1.82) is 0 Å². The van der Waals surface area contributed by atoms with E-state index in [-0.39, 0.29) is 42.8 Å². The molecule has 0 bridgehead atoms. The van der Waals surface area contributed by atoms with Crippen molar-refractivity contribution in [2.24, 2.45) is 0 Å². The van der Waals surface area contributed by atoms with E-state index in [0.29, 0.717) is 0 Å². The van der Waals surface area contributed by atoms with Crippen LogP contribution in [0.2, 0.25) is 0 Å². The van der Waals surface area contributed by atoms with Gasteiger partial charge in [0.1, 0.15) is 0 Å². The predicted octanol–water partition coefficient (Wildman–Crippen LogP) is 0.417. The number of carbonyl (C=O) groups excluding carboxylic acids is 1. The molecule has 0 N–H and O–H groups in total. The van der Waals surface area contributed by atoms with Gasteiger partial charge in [-0.2, -0.15) is 24.1 Å². The molecule has 0 radical (unpaired) electrons. The molecule has 4 nitrogen and oxygen atoms in total. The molecular formula is C20H30BLiO4-2. The monoisotopic (exact) mass is 352 g/mol. The quantitative estimate of drug-likeness (QED) is 0.584. The van der Waals surface area contributed by atoms with Gasteiger partial charge in [-0.1, -0.05) is 18.0 Å². The predicted molar refractivity (Wildman–Crippen MR) is 102 cm³/mol. The molecule has 1 aliphatic rings. The van der Waals surface area contributed by atoms with Crippen LogP contribution in [0.1, 0.15) is 59.6 Å². The Balaban J connectivity index is 0.000000673. The van der Waals surface area contributed by atoms with Crippen molar-refractivity contribution < 1.29 is 37.7 Å². The summed E-state index contributed by atoms with van der Waals surface area (Å²) >= 11 is 0. The van der Waals surface area contributed by atoms with E-state index >= 15 is 0 Å². The van der Waals surface area contributed by atoms with Crippen LogP contribution in [0.15, 0.2) is 18.2 Å². The van der Waals surface area contributed by atoms with Gasteiger partial charge in [-0.3, -0.25) is 0 Å². The molecule has 6 heteroatoms. The number of hydrogen-bond donors (Lipinski definition) is 0. The largest absolute Gasteiger partial charge is 1.00 e. The maximum absolute atomic E-state index is 9.47. The third-order valence-electron chi connectivity index (χ3n) is 4.37. The van der Waals surface area contributed by atoms with Gasteiger partial charge in [-0.05, 0) is 48.5 Å². The Morgan fingerprint density at radius 2 is 1.65 bits per heavy atom. The van der Waals surface area contributed by atoms with Gasteiger partial charge < -0.3 is 25.8 Å². The molecule has 0 unspecified atom stereocenters. The van der Waals surface area contributed by atoms with Crippen molar-refractivity contribution in [3.8, 4) is 0 Å². The average Bonchev–Trinajstić information content (AvgIpc) is 2.67. The van der Waals surface area contributed by atoms with Crippen molar-refractivity contribution >= 4 is 19.1 Å². The topological polar surface area (TPSA) is 44.8 Å². The van der Waals surface area contributed by atoms with Crippen LogP contribution < -0.4 is 24.3 Å². The fraction of sp³-hybridized carbons (Fsp3) is 0.550. The van der Waals surface area contributed by atoms with E-state index in [1.165, 1.54) is 6.47 Å². The molecule has 1 aromatic rings. The summed E-state index contributed by atoms with van der Waals surface area (Å²) in [5.41, 5.74) is 2.21. The Morgan fingerprint density at radius 3 is 1.96 bits per heavy atom. The van der Waals surface area contributed by atoms with E-state index in [4.69, 9.17) is 9.31 Å².